The maximum Gasteiger partial charge on any atom is 0.276 e. The molecule has 0 aliphatic rings. The first-order chi connectivity index (χ1) is 8.77. The van der Waals surface area contributed by atoms with Crippen molar-refractivity contribution in [1.82, 2.24) is 4.83 Å². The summed E-state index contributed by atoms with van der Waals surface area (Å²) in [7, 11) is -3.59. The van der Waals surface area contributed by atoms with E-state index in [4.69, 9.17) is 0 Å². The van der Waals surface area contributed by atoms with Gasteiger partial charge in [0.15, 0.2) is 0 Å². The first-order valence-corrected chi connectivity index (χ1v) is 7.89. The topological polar surface area (TPSA) is 58.5 Å². The van der Waals surface area contributed by atoms with Crippen molar-refractivity contribution in [2.45, 2.75) is 45.9 Å². The van der Waals surface area contributed by atoms with Crippen LogP contribution in [0, 0.1) is 19.8 Å². The number of hydrazone groups is 1. The summed E-state index contributed by atoms with van der Waals surface area (Å²) in [6.07, 6.45) is 0.931. The van der Waals surface area contributed by atoms with E-state index in [1.54, 1.807) is 19.1 Å². The number of aryl methyl sites for hydroxylation is 2. The Hall–Kier alpha value is -1.36. The lowest BCUT2D eigenvalue weighted by Crippen LogP contribution is -2.22. The third kappa shape index (κ3) is 4.06. The number of nitrogens with one attached hydrogen (secondary N) is 1. The molecule has 0 aromatic heterocycles. The summed E-state index contributed by atoms with van der Waals surface area (Å²) in [6, 6.07) is 5.35. The Morgan fingerprint density at radius 3 is 2.58 bits per heavy atom. The molecule has 0 saturated carbocycles. The van der Waals surface area contributed by atoms with E-state index in [-0.39, 0.29) is 10.8 Å². The van der Waals surface area contributed by atoms with E-state index >= 15 is 0 Å². The molecule has 0 fully saturated rings. The average Bonchev–Trinajstić information content (AvgIpc) is 2.37. The van der Waals surface area contributed by atoms with E-state index in [1.807, 2.05) is 33.8 Å². The zero-order valence-corrected chi connectivity index (χ0v) is 13.0. The summed E-state index contributed by atoms with van der Waals surface area (Å²) in [6.45, 7) is 9.54. The second-order valence-electron chi connectivity index (χ2n) is 4.93. The van der Waals surface area contributed by atoms with Gasteiger partial charge in [-0.25, -0.2) is 4.83 Å². The predicted molar refractivity (Wildman–Crippen MR) is 78.8 cm³/mol. The van der Waals surface area contributed by atoms with Crippen LogP contribution in [0.1, 0.15) is 38.3 Å². The number of nitrogens with zero attached hydrogens (tertiary/aromatic N) is 1. The van der Waals surface area contributed by atoms with Crippen molar-refractivity contribution in [3.63, 3.8) is 0 Å². The van der Waals surface area contributed by atoms with Crippen LogP contribution in [0.2, 0.25) is 0 Å². The maximum atomic E-state index is 12.2. The van der Waals surface area contributed by atoms with Crippen LogP contribution in [0.3, 0.4) is 0 Å². The molecule has 0 amide bonds. The van der Waals surface area contributed by atoms with Crippen molar-refractivity contribution in [3.8, 4) is 0 Å². The van der Waals surface area contributed by atoms with Crippen molar-refractivity contribution < 1.29 is 8.42 Å². The Labute approximate surface area is 116 Å². The molecule has 106 valence electrons. The van der Waals surface area contributed by atoms with E-state index in [2.05, 4.69) is 9.93 Å². The summed E-state index contributed by atoms with van der Waals surface area (Å²) >= 11 is 0. The van der Waals surface area contributed by atoms with Crippen LogP contribution in [-0.2, 0) is 10.0 Å². The summed E-state index contributed by atoms with van der Waals surface area (Å²) in [5.41, 5.74) is 2.42. The molecule has 0 saturated heterocycles. The molecule has 5 heteroatoms. The van der Waals surface area contributed by atoms with Gasteiger partial charge < -0.3 is 0 Å². The molecule has 0 unspecified atom stereocenters. The van der Waals surface area contributed by atoms with Crippen LogP contribution < -0.4 is 4.83 Å². The third-order valence-corrected chi connectivity index (χ3v) is 4.65. The van der Waals surface area contributed by atoms with Gasteiger partial charge in [-0.05, 0) is 50.3 Å². The molecule has 0 bridgehead atoms. The summed E-state index contributed by atoms with van der Waals surface area (Å²) < 4.78 is 24.4. The van der Waals surface area contributed by atoms with Gasteiger partial charge in [-0.3, -0.25) is 0 Å². The second-order valence-corrected chi connectivity index (χ2v) is 6.56. The molecule has 1 aromatic carbocycles. The van der Waals surface area contributed by atoms with Gasteiger partial charge in [0.1, 0.15) is 0 Å². The zero-order valence-electron chi connectivity index (χ0n) is 12.2. The van der Waals surface area contributed by atoms with Crippen LogP contribution in [0.4, 0.5) is 0 Å². The normalized spacial score (nSPS) is 14.3. The van der Waals surface area contributed by atoms with Gasteiger partial charge >= 0.3 is 0 Å². The summed E-state index contributed by atoms with van der Waals surface area (Å²) in [5, 5.41) is 3.99. The Bertz CT molecular complexity index is 577. The number of benzene rings is 1. The second kappa shape index (κ2) is 6.19. The Balaban J connectivity index is 3.03. The van der Waals surface area contributed by atoms with Crippen LogP contribution in [0.5, 0.6) is 0 Å². The minimum Gasteiger partial charge on any atom is -0.200 e. The minimum absolute atomic E-state index is 0.265. The zero-order chi connectivity index (χ0) is 14.6. The highest BCUT2D eigenvalue weighted by Gasteiger charge is 2.16. The van der Waals surface area contributed by atoms with Gasteiger partial charge in [-0.1, -0.05) is 26.0 Å². The molecular formula is C14H22N2O2S. The molecule has 1 rings (SSSR count). The highest BCUT2D eigenvalue weighted by Crippen LogP contribution is 2.16. The number of hydrogen-bond donors (Lipinski definition) is 1. The molecule has 4 nitrogen and oxygen atoms in total. The van der Waals surface area contributed by atoms with Gasteiger partial charge in [0.25, 0.3) is 10.0 Å². The Morgan fingerprint density at radius 2 is 2.00 bits per heavy atom. The van der Waals surface area contributed by atoms with Gasteiger partial charge in [-0.15, -0.1) is 0 Å². The predicted octanol–water partition coefficient (Wildman–Crippen LogP) is 3.00. The molecule has 0 spiro atoms. The van der Waals surface area contributed by atoms with Crippen LogP contribution in [0.25, 0.3) is 0 Å². The lowest BCUT2D eigenvalue weighted by atomic mass is 10.1. The highest BCUT2D eigenvalue weighted by atomic mass is 32.2. The summed E-state index contributed by atoms with van der Waals surface area (Å²) in [4.78, 5) is 2.60. The molecule has 1 atom stereocenters. The van der Waals surface area contributed by atoms with Crippen molar-refractivity contribution >= 4 is 15.7 Å². The molecule has 1 N–H and O–H groups in total. The number of hydrogen-bond acceptors (Lipinski definition) is 3. The van der Waals surface area contributed by atoms with E-state index in [1.165, 1.54) is 0 Å². The molecule has 0 radical (unpaired) electrons. The van der Waals surface area contributed by atoms with Crippen LogP contribution in [-0.4, -0.2) is 14.1 Å². The van der Waals surface area contributed by atoms with Crippen molar-refractivity contribution in [2.24, 2.45) is 11.0 Å². The van der Waals surface area contributed by atoms with E-state index < -0.39 is 10.0 Å². The molecule has 0 aliphatic heterocycles. The fraction of sp³-hybridized carbons (Fsp3) is 0.500. The van der Waals surface area contributed by atoms with Gasteiger partial charge in [0, 0.05) is 5.71 Å². The third-order valence-electron chi connectivity index (χ3n) is 3.30. The standard InChI is InChI=1S/C14H22N2O2S/c1-6-11(3)13(5)15-16-19(17,18)14-9-10(2)7-8-12(14)4/h7-9,11,16H,6H2,1-5H3/b15-13-/t11-/m0/s1. The number of rotatable bonds is 5. The fourth-order valence-corrected chi connectivity index (χ4v) is 2.78. The van der Waals surface area contributed by atoms with E-state index in [0.717, 1.165) is 23.3 Å². The quantitative estimate of drug-likeness (QED) is 0.666. The van der Waals surface area contributed by atoms with Crippen molar-refractivity contribution in [2.75, 3.05) is 0 Å². The molecule has 0 aliphatic carbocycles. The summed E-state index contributed by atoms with van der Waals surface area (Å²) in [5.74, 6) is 0.265. The van der Waals surface area contributed by atoms with Gasteiger partial charge in [-0.2, -0.15) is 13.5 Å². The number of sulfonamides is 1. The first kappa shape index (κ1) is 15.7. The van der Waals surface area contributed by atoms with Crippen molar-refractivity contribution in [3.05, 3.63) is 29.3 Å². The molecule has 0 heterocycles. The highest BCUT2D eigenvalue weighted by molar-refractivity contribution is 7.89. The average molecular weight is 282 g/mol. The lowest BCUT2D eigenvalue weighted by molar-refractivity contribution is 0.583. The fourth-order valence-electron chi connectivity index (χ4n) is 1.58. The molecular weight excluding hydrogens is 260 g/mol. The van der Waals surface area contributed by atoms with Gasteiger partial charge in [0.2, 0.25) is 0 Å². The monoisotopic (exact) mass is 282 g/mol. The largest absolute Gasteiger partial charge is 0.276 e. The van der Waals surface area contributed by atoms with E-state index in [9.17, 15) is 8.42 Å². The molecule has 1 aromatic rings. The maximum absolute atomic E-state index is 12.2. The van der Waals surface area contributed by atoms with E-state index in [0.29, 0.717) is 0 Å². The molecule has 19 heavy (non-hydrogen) atoms. The van der Waals surface area contributed by atoms with Crippen molar-refractivity contribution in [1.29, 1.82) is 0 Å². The minimum atomic E-state index is -3.59. The van der Waals surface area contributed by atoms with Crippen LogP contribution in [0.15, 0.2) is 28.2 Å². The Kier molecular flexibility index (Phi) is 5.11. The first-order valence-electron chi connectivity index (χ1n) is 6.41. The Morgan fingerprint density at radius 1 is 1.37 bits per heavy atom. The van der Waals surface area contributed by atoms with Gasteiger partial charge in [0.05, 0.1) is 4.90 Å². The lowest BCUT2D eigenvalue weighted by Gasteiger charge is -2.11. The van der Waals surface area contributed by atoms with Crippen LogP contribution >= 0.6 is 0 Å². The SMILES string of the molecule is CC[C@H](C)/C(C)=N\NS(=O)(=O)c1cc(C)ccc1C. The smallest absolute Gasteiger partial charge is 0.200 e.